The van der Waals surface area contributed by atoms with Crippen LogP contribution < -0.4 is 10.1 Å². The average Bonchev–Trinajstić information content (AvgIpc) is 2.52. The van der Waals surface area contributed by atoms with Gasteiger partial charge in [-0.05, 0) is 50.5 Å². The molecule has 1 aliphatic heterocycles. The second kappa shape index (κ2) is 7.34. The van der Waals surface area contributed by atoms with Gasteiger partial charge in [-0.3, -0.25) is 4.79 Å². The van der Waals surface area contributed by atoms with E-state index in [0.29, 0.717) is 25.0 Å². The first-order chi connectivity index (χ1) is 10.8. The van der Waals surface area contributed by atoms with Crippen molar-refractivity contribution in [2.75, 3.05) is 18.1 Å². The molecular formula is C17H25NO4S. The maximum Gasteiger partial charge on any atom is 0.251 e. The lowest BCUT2D eigenvalue weighted by molar-refractivity contribution is 0.0899. The van der Waals surface area contributed by atoms with Gasteiger partial charge in [0.25, 0.3) is 5.91 Å². The fourth-order valence-electron chi connectivity index (χ4n) is 2.50. The van der Waals surface area contributed by atoms with Crippen LogP contribution in [0.25, 0.3) is 0 Å². The van der Waals surface area contributed by atoms with Crippen LogP contribution in [-0.2, 0) is 9.84 Å². The highest BCUT2D eigenvalue weighted by atomic mass is 32.2. The number of carbonyl (C=O) groups is 1. The summed E-state index contributed by atoms with van der Waals surface area (Å²) in [5.41, 5.74) is 0.0982. The van der Waals surface area contributed by atoms with Gasteiger partial charge in [0.1, 0.15) is 15.6 Å². The van der Waals surface area contributed by atoms with Crippen molar-refractivity contribution in [3.8, 4) is 5.75 Å². The third-order valence-electron chi connectivity index (χ3n) is 4.23. The van der Waals surface area contributed by atoms with Crippen LogP contribution in [0, 0.1) is 0 Å². The van der Waals surface area contributed by atoms with Crippen molar-refractivity contribution in [3.05, 3.63) is 29.8 Å². The van der Waals surface area contributed by atoms with Gasteiger partial charge in [0, 0.05) is 11.1 Å². The van der Waals surface area contributed by atoms with E-state index in [1.807, 2.05) is 6.92 Å². The van der Waals surface area contributed by atoms with E-state index in [2.05, 4.69) is 12.2 Å². The Hall–Kier alpha value is -1.56. The number of unbranched alkanes of at least 4 members (excludes halogenated alkanes) is 1. The van der Waals surface area contributed by atoms with E-state index >= 15 is 0 Å². The van der Waals surface area contributed by atoms with Gasteiger partial charge < -0.3 is 10.1 Å². The van der Waals surface area contributed by atoms with E-state index < -0.39 is 15.4 Å². The molecule has 128 valence electrons. The number of hydrogen-bond donors (Lipinski definition) is 1. The predicted octanol–water partition coefficient (Wildman–Crippen LogP) is 2.56. The molecule has 0 spiro atoms. The second-order valence-corrected chi connectivity index (χ2v) is 8.70. The zero-order valence-electron chi connectivity index (χ0n) is 13.8. The molecule has 1 aromatic carbocycles. The SMILES string of the molecule is CCCCOc1ccc(C(=O)NC2(C)CCS(=O)(=O)CC2)cc1. The normalized spacial score (nSPS) is 19.0. The van der Waals surface area contributed by atoms with Crippen molar-refractivity contribution in [3.63, 3.8) is 0 Å². The van der Waals surface area contributed by atoms with Crippen LogP contribution in [0.2, 0.25) is 0 Å². The Morgan fingerprint density at radius 2 is 1.83 bits per heavy atom. The summed E-state index contributed by atoms with van der Waals surface area (Å²) in [5, 5.41) is 2.98. The largest absolute Gasteiger partial charge is 0.494 e. The standard InChI is InChI=1S/C17H25NO4S/c1-3-4-11-22-15-7-5-14(6-8-15)16(19)18-17(2)9-12-23(20,21)13-10-17/h5-8H,3-4,9-13H2,1-2H3,(H,18,19). The molecule has 1 aliphatic rings. The number of ether oxygens (including phenoxy) is 1. The number of hydrogen-bond acceptors (Lipinski definition) is 4. The van der Waals surface area contributed by atoms with Crippen molar-refractivity contribution in [1.82, 2.24) is 5.32 Å². The summed E-state index contributed by atoms with van der Waals surface area (Å²) in [5.74, 6) is 0.846. The first kappa shape index (κ1) is 17.8. The van der Waals surface area contributed by atoms with Gasteiger partial charge in [0.05, 0.1) is 18.1 Å². The Morgan fingerprint density at radius 1 is 1.22 bits per heavy atom. The number of nitrogens with one attached hydrogen (secondary N) is 1. The zero-order chi connectivity index (χ0) is 16.9. The van der Waals surface area contributed by atoms with E-state index in [0.717, 1.165) is 18.6 Å². The molecule has 6 heteroatoms. The van der Waals surface area contributed by atoms with Crippen LogP contribution in [0.5, 0.6) is 5.75 Å². The molecule has 1 heterocycles. The van der Waals surface area contributed by atoms with E-state index in [9.17, 15) is 13.2 Å². The minimum absolute atomic E-state index is 0.133. The zero-order valence-corrected chi connectivity index (χ0v) is 14.6. The van der Waals surface area contributed by atoms with Crippen LogP contribution in [-0.4, -0.2) is 38.0 Å². The first-order valence-electron chi connectivity index (χ1n) is 8.09. The maximum atomic E-state index is 12.3. The Balaban J connectivity index is 1.93. The molecule has 0 unspecified atom stereocenters. The summed E-state index contributed by atoms with van der Waals surface area (Å²) in [4.78, 5) is 12.3. The average molecular weight is 339 g/mol. The Morgan fingerprint density at radius 3 is 2.39 bits per heavy atom. The topological polar surface area (TPSA) is 72.5 Å². The molecule has 0 aromatic heterocycles. The van der Waals surface area contributed by atoms with Crippen molar-refractivity contribution >= 4 is 15.7 Å². The highest BCUT2D eigenvalue weighted by Gasteiger charge is 2.34. The third-order valence-corrected chi connectivity index (χ3v) is 5.88. The van der Waals surface area contributed by atoms with Crippen molar-refractivity contribution < 1.29 is 17.9 Å². The molecule has 1 N–H and O–H groups in total. The minimum atomic E-state index is -2.94. The lowest BCUT2D eigenvalue weighted by atomic mass is 9.94. The summed E-state index contributed by atoms with van der Waals surface area (Å²) in [6.45, 7) is 4.68. The molecule has 1 fully saturated rings. The molecule has 0 atom stereocenters. The first-order valence-corrected chi connectivity index (χ1v) is 9.91. The van der Waals surface area contributed by atoms with Gasteiger partial charge in [-0.15, -0.1) is 0 Å². The fourth-order valence-corrected chi connectivity index (χ4v) is 4.22. The lowest BCUT2D eigenvalue weighted by Crippen LogP contribution is -2.50. The Kier molecular flexibility index (Phi) is 5.68. The number of carbonyl (C=O) groups excluding carboxylic acids is 1. The van der Waals surface area contributed by atoms with Crippen LogP contribution in [0.1, 0.15) is 49.9 Å². The molecule has 0 saturated carbocycles. The molecule has 23 heavy (non-hydrogen) atoms. The molecule has 0 radical (unpaired) electrons. The van der Waals surface area contributed by atoms with Gasteiger partial charge in [0.2, 0.25) is 0 Å². The van der Waals surface area contributed by atoms with Gasteiger partial charge in [-0.2, -0.15) is 0 Å². The smallest absolute Gasteiger partial charge is 0.251 e. The Labute approximate surface area is 138 Å². The second-order valence-electron chi connectivity index (χ2n) is 6.39. The van der Waals surface area contributed by atoms with E-state index in [1.54, 1.807) is 24.3 Å². The molecule has 1 amide bonds. The van der Waals surface area contributed by atoms with E-state index in [1.165, 1.54) is 0 Å². The predicted molar refractivity (Wildman–Crippen MR) is 90.6 cm³/mol. The molecule has 5 nitrogen and oxygen atoms in total. The van der Waals surface area contributed by atoms with Gasteiger partial charge in [-0.1, -0.05) is 13.3 Å². The highest BCUT2D eigenvalue weighted by Crippen LogP contribution is 2.24. The Bertz CT molecular complexity index is 623. The summed E-state index contributed by atoms with van der Waals surface area (Å²) in [6.07, 6.45) is 3.00. The fraction of sp³-hybridized carbons (Fsp3) is 0.588. The van der Waals surface area contributed by atoms with Crippen LogP contribution in [0.15, 0.2) is 24.3 Å². The molecule has 2 rings (SSSR count). The highest BCUT2D eigenvalue weighted by molar-refractivity contribution is 7.91. The summed E-state index contributed by atoms with van der Waals surface area (Å²) in [7, 11) is -2.94. The third kappa shape index (κ3) is 5.23. The number of amides is 1. The maximum absolute atomic E-state index is 12.3. The summed E-state index contributed by atoms with van der Waals surface area (Å²) >= 11 is 0. The lowest BCUT2D eigenvalue weighted by Gasteiger charge is -2.34. The molecule has 0 aliphatic carbocycles. The number of benzene rings is 1. The van der Waals surface area contributed by atoms with Crippen LogP contribution in [0.4, 0.5) is 0 Å². The van der Waals surface area contributed by atoms with Crippen LogP contribution in [0.3, 0.4) is 0 Å². The van der Waals surface area contributed by atoms with Crippen molar-refractivity contribution in [2.24, 2.45) is 0 Å². The monoisotopic (exact) mass is 339 g/mol. The van der Waals surface area contributed by atoms with Crippen molar-refractivity contribution in [1.29, 1.82) is 0 Å². The summed E-state index contributed by atoms with van der Waals surface area (Å²) in [6, 6.07) is 7.05. The van der Waals surface area contributed by atoms with Crippen molar-refractivity contribution in [2.45, 2.75) is 45.1 Å². The van der Waals surface area contributed by atoms with E-state index in [-0.39, 0.29) is 17.4 Å². The summed E-state index contributed by atoms with van der Waals surface area (Å²) < 4.78 is 28.6. The number of sulfone groups is 1. The molecule has 1 aromatic rings. The quantitative estimate of drug-likeness (QED) is 0.809. The van der Waals surface area contributed by atoms with Gasteiger partial charge >= 0.3 is 0 Å². The molecule has 0 bridgehead atoms. The van der Waals surface area contributed by atoms with Crippen LogP contribution >= 0.6 is 0 Å². The van der Waals surface area contributed by atoms with Gasteiger partial charge in [0.15, 0.2) is 0 Å². The molecule has 1 saturated heterocycles. The minimum Gasteiger partial charge on any atom is -0.494 e. The molecular weight excluding hydrogens is 314 g/mol. The number of rotatable bonds is 6. The van der Waals surface area contributed by atoms with E-state index in [4.69, 9.17) is 4.74 Å². The van der Waals surface area contributed by atoms with Gasteiger partial charge in [-0.25, -0.2) is 8.42 Å².